The summed E-state index contributed by atoms with van der Waals surface area (Å²) in [5.41, 5.74) is 0. The fourth-order valence-corrected chi connectivity index (χ4v) is 5.28. The van der Waals surface area contributed by atoms with Crippen molar-refractivity contribution >= 4 is 60.8 Å². The second-order valence-electron chi connectivity index (χ2n) is 13.2. The van der Waals surface area contributed by atoms with E-state index < -0.39 is 11.9 Å². The maximum Gasteiger partial charge on any atom is 2.00 e. The third kappa shape index (κ3) is 67.5. The van der Waals surface area contributed by atoms with Gasteiger partial charge < -0.3 is 24.9 Å². The Hall–Kier alpha value is 0.471. The zero-order valence-corrected chi connectivity index (χ0v) is 35.4. The Morgan fingerprint density at radius 2 is 0.533 bits per heavy atom. The van der Waals surface area contributed by atoms with Crippen molar-refractivity contribution in [1.82, 2.24) is 0 Å². The quantitative estimate of drug-likeness (QED) is 0.0543. The van der Waals surface area contributed by atoms with Gasteiger partial charge in [-0.25, -0.2) is 0 Å². The molecule has 0 amide bonds. The van der Waals surface area contributed by atoms with Gasteiger partial charge in [0.15, 0.2) is 0 Å². The molecule has 0 spiro atoms. The Morgan fingerprint density at radius 1 is 0.400 bits per heavy atom. The number of aliphatic carboxylic acids is 2. The van der Waals surface area contributed by atoms with Gasteiger partial charge in [-0.15, -0.1) is 0 Å². The number of hydrogen-bond acceptors (Lipinski definition) is 5. The summed E-state index contributed by atoms with van der Waals surface area (Å²) < 4.78 is 0. The molecule has 0 aliphatic heterocycles. The third-order valence-electron chi connectivity index (χ3n) is 7.97. The third-order valence-corrected chi connectivity index (χ3v) is 7.97. The van der Waals surface area contributed by atoms with Crippen molar-refractivity contribution in [1.29, 1.82) is 0 Å². The Kier molecular flexibility index (Phi) is 56.8. The first-order chi connectivity index (χ1) is 21.3. The molecule has 6 heteroatoms. The van der Waals surface area contributed by atoms with E-state index in [1.165, 1.54) is 167 Å². The first kappa shape index (κ1) is 52.3. The first-order valence-corrected chi connectivity index (χ1v) is 19.4. The summed E-state index contributed by atoms with van der Waals surface area (Å²) in [6.45, 7) is 7.98. The predicted octanol–water partition coefficient (Wildman–Crippen LogP) is 10.0. The molecule has 0 atom stereocenters. The molecule has 0 rings (SSSR count). The van der Waals surface area contributed by atoms with Gasteiger partial charge >= 0.3 is 48.9 Å². The zero-order valence-electron chi connectivity index (χ0n) is 31.0. The smallest absolute Gasteiger partial charge is 0.550 e. The molecule has 0 unspecified atom stereocenters. The van der Waals surface area contributed by atoms with Gasteiger partial charge in [0.25, 0.3) is 0 Å². The minimum Gasteiger partial charge on any atom is -0.550 e. The monoisotopic (exact) mass is 764 g/mol. The average molecular weight is 764 g/mol. The van der Waals surface area contributed by atoms with E-state index in [1.807, 2.05) is 0 Å². The molecule has 0 aliphatic carbocycles. The van der Waals surface area contributed by atoms with E-state index in [2.05, 4.69) is 13.8 Å². The largest absolute Gasteiger partial charge is 2.00 e. The molecule has 5 nitrogen and oxygen atoms in total. The number of carboxylic acids is 2. The van der Waals surface area contributed by atoms with Crippen molar-refractivity contribution in [2.24, 2.45) is 0 Å². The van der Waals surface area contributed by atoms with Gasteiger partial charge in [0.1, 0.15) is 0 Å². The van der Waals surface area contributed by atoms with Crippen molar-refractivity contribution in [3.05, 3.63) is 0 Å². The van der Waals surface area contributed by atoms with Crippen LogP contribution in [0, 0.1) is 0 Å². The number of carbonyl (C=O) groups is 2. The number of aliphatic hydroxyl groups is 1. The molecule has 0 heterocycles. The summed E-state index contributed by atoms with van der Waals surface area (Å²) in [5, 5.41) is 28.5. The number of unbranched alkanes of at least 4 members (excludes halogenated alkanes) is 28. The van der Waals surface area contributed by atoms with E-state index in [1.54, 1.807) is 13.8 Å². The van der Waals surface area contributed by atoms with Crippen LogP contribution < -0.4 is 10.2 Å². The van der Waals surface area contributed by atoms with Crippen molar-refractivity contribution in [3.8, 4) is 0 Å². The molecule has 0 aliphatic rings. The van der Waals surface area contributed by atoms with Crippen molar-refractivity contribution < 1.29 is 24.9 Å². The Balaban J connectivity index is -0.000000327. The van der Waals surface area contributed by atoms with Crippen LogP contribution >= 0.6 is 0 Å². The van der Waals surface area contributed by atoms with Gasteiger partial charge in [-0.3, -0.25) is 0 Å². The molecule has 1 N–H and O–H groups in total. The molecule has 0 saturated carbocycles. The van der Waals surface area contributed by atoms with Gasteiger partial charge in [0.2, 0.25) is 0 Å². The molecule has 0 aromatic carbocycles. The Bertz CT molecular complexity index is 495. The van der Waals surface area contributed by atoms with Crippen LogP contribution in [0.4, 0.5) is 0 Å². The standard InChI is InChI=1S/2C18H36O2.C3H8O.Ba/c2*1-2-3-4-5-6-7-8-9-10-11-12-13-14-15-16-17-18(19)20;1-3(2)4;/h2*2-17H2,1H3,(H,19,20);3-4H,1-2H3;/q;;;+2/p-2. The molecule has 0 radical (unpaired) electrons. The minimum absolute atomic E-state index is 0. The van der Waals surface area contributed by atoms with Crippen LogP contribution in [-0.2, 0) is 9.59 Å². The number of hydrogen-bond donors (Lipinski definition) is 1. The van der Waals surface area contributed by atoms with Crippen LogP contribution in [0.25, 0.3) is 0 Å². The van der Waals surface area contributed by atoms with E-state index in [0.717, 1.165) is 25.7 Å². The second-order valence-corrected chi connectivity index (χ2v) is 13.2. The van der Waals surface area contributed by atoms with Gasteiger partial charge in [-0.05, 0) is 39.5 Å². The van der Waals surface area contributed by atoms with E-state index in [0.29, 0.717) is 0 Å². The molecule has 45 heavy (non-hydrogen) atoms. The topological polar surface area (TPSA) is 100 Å². The minimum atomic E-state index is -0.903. The van der Waals surface area contributed by atoms with Crippen molar-refractivity contribution in [2.45, 2.75) is 239 Å². The summed E-state index contributed by atoms with van der Waals surface area (Å²) in [7, 11) is 0. The molecule has 0 bridgehead atoms. The fraction of sp³-hybridized carbons (Fsp3) is 0.949. The number of aliphatic hydroxyl groups excluding tert-OH is 1. The molecular formula is C39H78BaO5. The summed E-state index contributed by atoms with van der Waals surface area (Å²) >= 11 is 0. The van der Waals surface area contributed by atoms with Crippen LogP contribution in [0.15, 0.2) is 0 Å². The molecule has 0 saturated heterocycles. The summed E-state index contributed by atoms with van der Waals surface area (Å²) in [6, 6.07) is 0. The normalized spacial score (nSPS) is 10.4. The zero-order chi connectivity index (χ0) is 33.4. The molecule has 0 aromatic rings. The summed E-state index contributed by atoms with van der Waals surface area (Å²) in [6.07, 6.45) is 39.5. The van der Waals surface area contributed by atoms with Gasteiger partial charge in [0, 0.05) is 18.0 Å². The van der Waals surface area contributed by atoms with Gasteiger partial charge in [-0.2, -0.15) is 0 Å². The van der Waals surface area contributed by atoms with Gasteiger partial charge in [0.05, 0.1) is 0 Å². The molecule has 266 valence electrons. The second kappa shape index (κ2) is 48.9. The summed E-state index contributed by atoms with van der Waals surface area (Å²) in [4.78, 5) is 20.4. The maximum atomic E-state index is 10.2. The van der Waals surface area contributed by atoms with Crippen LogP contribution in [0.5, 0.6) is 0 Å². The van der Waals surface area contributed by atoms with Crippen LogP contribution in [0.2, 0.25) is 0 Å². The molecule has 0 aromatic heterocycles. The van der Waals surface area contributed by atoms with Crippen molar-refractivity contribution in [2.75, 3.05) is 0 Å². The number of rotatable bonds is 32. The van der Waals surface area contributed by atoms with E-state index in [4.69, 9.17) is 5.11 Å². The van der Waals surface area contributed by atoms with Crippen LogP contribution in [0.3, 0.4) is 0 Å². The predicted molar refractivity (Wildman–Crippen MR) is 192 cm³/mol. The SMILES string of the molecule is CC(C)O.CCCCCCCCCCCCCCCCCC(=O)[O-].CCCCCCCCCCCCCCCCCC(=O)[O-].[Ba+2]. The van der Waals surface area contributed by atoms with Gasteiger partial charge in [-0.1, -0.05) is 194 Å². The average Bonchev–Trinajstić information content (AvgIpc) is 2.97. The first-order valence-electron chi connectivity index (χ1n) is 19.4. The fourth-order valence-electron chi connectivity index (χ4n) is 5.28. The Labute approximate surface area is 322 Å². The molecule has 0 fully saturated rings. The van der Waals surface area contributed by atoms with Crippen LogP contribution in [-0.4, -0.2) is 72.0 Å². The number of carbonyl (C=O) groups excluding carboxylic acids is 2. The van der Waals surface area contributed by atoms with E-state index in [9.17, 15) is 19.8 Å². The maximum absolute atomic E-state index is 10.2. The Morgan fingerprint density at radius 3 is 0.667 bits per heavy atom. The van der Waals surface area contributed by atoms with Crippen LogP contribution in [0.1, 0.15) is 233 Å². The van der Waals surface area contributed by atoms with E-state index in [-0.39, 0.29) is 67.8 Å². The van der Waals surface area contributed by atoms with E-state index >= 15 is 0 Å². The molecular weight excluding hydrogens is 686 g/mol. The summed E-state index contributed by atoms with van der Waals surface area (Å²) in [5.74, 6) is -1.81. The number of carboxylic acid groups (broad SMARTS) is 2. The van der Waals surface area contributed by atoms with Crippen molar-refractivity contribution in [3.63, 3.8) is 0 Å².